The minimum absolute atomic E-state index is 0. The van der Waals surface area contributed by atoms with Crippen molar-refractivity contribution < 1.29 is 21.1 Å². The zero-order chi connectivity index (χ0) is 16.6. The Bertz CT molecular complexity index is 364. The molecule has 132 valence electrons. The van der Waals surface area contributed by atoms with Gasteiger partial charge in [0.25, 0.3) is 0 Å². The van der Waals surface area contributed by atoms with Gasteiger partial charge in [0.05, 0.1) is 6.71 Å². The molecule has 8 atom stereocenters. The second-order valence-electron chi connectivity index (χ2n) is 8.70. The van der Waals surface area contributed by atoms with Gasteiger partial charge < -0.3 is 18.7 Å². The fraction of sp³-hybridized carbons (Fsp3) is 0.900. The number of fused-ring (bicyclic) bond motifs is 1. The van der Waals surface area contributed by atoms with Crippen LogP contribution in [-0.4, -0.2) is 30.2 Å². The first-order valence-corrected chi connectivity index (χ1v) is 9.67. The number of rotatable bonds is 1. The Hall–Kier alpha value is 0.713. The van der Waals surface area contributed by atoms with Crippen molar-refractivity contribution >= 4 is 6.71 Å². The summed E-state index contributed by atoms with van der Waals surface area (Å²) in [5.74, 6) is 4.50. The standard InChI is InChI=1S/C20H38BN.W/c1-9-21-10-11-22-19(8)17(6)16(5)15(4)14(3)13(2)12-20(22)18(21)7;/h13-20H,1,7,9-12H2,2-6,8H3;/q-2;+2. The van der Waals surface area contributed by atoms with Crippen molar-refractivity contribution in [1.82, 2.24) is 4.90 Å². The van der Waals surface area contributed by atoms with Crippen molar-refractivity contribution in [3.05, 3.63) is 13.8 Å². The Morgan fingerprint density at radius 2 is 1.52 bits per heavy atom. The Morgan fingerprint density at radius 1 is 0.957 bits per heavy atom. The van der Waals surface area contributed by atoms with Gasteiger partial charge in [-0.15, -0.1) is 0 Å². The van der Waals surface area contributed by atoms with Gasteiger partial charge in [-0.3, -0.25) is 0 Å². The van der Waals surface area contributed by atoms with Gasteiger partial charge in [0.15, 0.2) is 0 Å². The van der Waals surface area contributed by atoms with E-state index in [0.717, 1.165) is 42.6 Å². The molecular weight excluding hydrogens is 449 g/mol. The molecule has 2 heterocycles. The van der Waals surface area contributed by atoms with E-state index in [-0.39, 0.29) is 21.1 Å². The van der Waals surface area contributed by atoms with Gasteiger partial charge in [0, 0.05) is 6.04 Å². The van der Waals surface area contributed by atoms with Gasteiger partial charge in [-0.25, -0.2) is 6.32 Å². The van der Waals surface area contributed by atoms with E-state index in [1.54, 1.807) is 0 Å². The summed E-state index contributed by atoms with van der Waals surface area (Å²) in [7, 11) is 0. The molecule has 2 saturated heterocycles. The van der Waals surface area contributed by atoms with Gasteiger partial charge in [0.2, 0.25) is 0 Å². The van der Waals surface area contributed by atoms with Crippen LogP contribution in [0.25, 0.3) is 0 Å². The quantitative estimate of drug-likeness (QED) is 0.365. The zero-order valence-corrected chi connectivity index (χ0v) is 19.2. The largest absolute Gasteiger partial charge is 2.00 e. The topological polar surface area (TPSA) is 3.24 Å². The van der Waals surface area contributed by atoms with E-state index in [0.29, 0.717) is 17.9 Å². The van der Waals surface area contributed by atoms with Gasteiger partial charge in [-0.1, -0.05) is 40.9 Å². The molecule has 0 saturated carbocycles. The molecule has 0 aromatic carbocycles. The summed E-state index contributed by atoms with van der Waals surface area (Å²) in [5.41, 5.74) is 0. The van der Waals surface area contributed by atoms with Crippen LogP contribution in [0.3, 0.4) is 0 Å². The minimum Gasteiger partial charge on any atom is -0.350 e. The second kappa shape index (κ2) is 8.89. The third-order valence-corrected chi connectivity index (χ3v) is 7.94. The molecule has 23 heavy (non-hydrogen) atoms. The SMILES string of the molecule is [CH2-]CB1CCN2C(C)C(C)C(C)C(C)C(C)C(C)CC2C1[CH2-].[W+2]. The molecule has 0 aromatic rings. The Morgan fingerprint density at radius 3 is 2.09 bits per heavy atom. The maximum Gasteiger partial charge on any atom is 2.00 e. The molecule has 0 spiro atoms. The molecule has 0 bridgehead atoms. The first kappa shape index (κ1) is 21.8. The number of nitrogens with zero attached hydrogens (tertiary/aromatic N) is 1. The van der Waals surface area contributed by atoms with Crippen molar-refractivity contribution in [2.24, 2.45) is 29.6 Å². The third kappa shape index (κ3) is 4.28. The van der Waals surface area contributed by atoms with Crippen LogP contribution in [0.4, 0.5) is 0 Å². The molecule has 0 radical (unpaired) electrons. The summed E-state index contributed by atoms with van der Waals surface area (Å²) in [5, 5.41) is 0. The van der Waals surface area contributed by atoms with Crippen LogP contribution in [0.2, 0.25) is 18.5 Å². The van der Waals surface area contributed by atoms with Crippen LogP contribution in [0.5, 0.6) is 0 Å². The predicted octanol–water partition coefficient (Wildman–Crippen LogP) is 5.17. The van der Waals surface area contributed by atoms with Crippen LogP contribution in [-0.2, 0) is 21.1 Å². The van der Waals surface area contributed by atoms with Crippen LogP contribution in [0.15, 0.2) is 0 Å². The summed E-state index contributed by atoms with van der Waals surface area (Å²) < 4.78 is 0. The van der Waals surface area contributed by atoms with Crippen molar-refractivity contribution in [3.63, 3.8) is 0 Å². The van der Waals surface area contributed by atoms with Crippen molar-refractivity contribution in [3.8, 4) is 0 Å². The van der Waals surface area contributed by atoms with Gasteiger partial charge >= 0.3 is 21.1 Å². The molecule has 2 rings (SSSR count). The normalized spacial score (nSPS) is 46.2. The van der Waals surface area contributed by atoms with Crippen LogP contribution in [0.1, 0.15) is 48.0 Å². The first-order chi connectivity index (χ1) is 10.3. The third-order valence-electron chi connectivity index (χ3n) is 7.94. The van der Waals surface area contributed by atoms with Crippen molar-refractivity contribution in [2.45, 2.75) is 78.5 Å². The van der Waals surface area contributed by atoms with E-state index >= 15 is 0 Å². The molecule has 2 aliphatic heterocycles. The molecule has 1 nitrogen and oxygen atoms in total. The van der Waals surface area contributed by atoms with E-state index < -0.39 is 0 Å². The molecule has 3 heteroatoms. The van der Waals surface area contributed by atoms with E-state index in [9.17, 15) is 0 Å². The Kier molecular flexibility index (Phi) is 8.41. The van der Waals surface area contributed by atoms with Crippen molar-refractivity contribution in [2.75, 3.05) is 6.54 Å². The second-order valence-corrected chi connectivity index (χ2v) is 8.70. The molecule has 0 N–H and O–H groups in total. The molecule has 2 fully saturated rings. The average Bonchev–Trinajstić information content (AvgIpc) is 2.53. The molecule has 8 unspecified atom stereocenters. The zero-order valence-electron chi connectivity index (χ0n) is 16.3. The van der Waals surface area contributed by atoms with Crippen LogP contribution >= 0.6 is 0 Å². The number of hydrogen-bond donors (Lipinski definition) is 0. The maximum absolute atomic E-state index is 4.61. The van der Waals surface area contributed by atoms with Gasteiger partial charge in [-0.05, 0) is 55.5 Å². The van der Waals surface area contributed by atoms with Crippen LogP contribution < -0.4 is 0 Å². The van der Waals surface area contributed by atoms with Gasteiger partial charge in [-0.2, -0.15) is 5.82 Å². The molecule has 0 amide bonds. The first-order valence-electron chi connectivity index (χ1n) is 9.67. The summed E-state index contributed by atoms with van der Waals surface area (Å²) in [4.78, 5) is 2.83. The monoisotopic (exact) mass is 487 g/mol. The number of hydrogen-bond acceptors (Lipinski definition) is 1. The maximum atomic E-state index is 4.61. The van der Waals surface area contributed by atoms with E-state index in [2.05, 4.69) is 60.3 Å². The average molecular weight is 487 g/mol. The predicted molar refractivity (Wildman–Crippen MR) is 100 cm³/mol. The van der Waals surface area contributed by atoms with E-state index in [1.807, 2.05) is 0 Å². The Labute approximate surface area is 161 Å². The van der Waals surface area contributed by atoms with Crippen LogP contribution in [0, 0.1) is 43.4 Å². The molecule has 0 aliphatic carbocycles. The summed E-state index contributed by atoms with van der Waals surface area (Å²) in [6.07, 6.45) is 3.66. The van der Waals surface area contributed by atoms with E-state index in [4.69, 9.17) is 0 Å². The fourth-order valence-electron chi connectivity index (χ4n) is 5.24. The molecule has 2 aliphatic rings. The molecular formula is C20H38BNW. The van der Waals surface area contributed by atoms with Gasteiger partial charge in [0.1, 0.15) is 0 Å². The molecule has 0 aromatic heterocycles. The summed E-state index contributed by atoms with van der Waals surface area (Å²) in [6.45, 7) is 25.7. The smallest absolute Gasteiger partial charge is 0.350 e. The summed E-state index contributed by atoms with van der Waals surface area (Å²) >= 11 is 0. The Balaban J connectivity index is 0.00000264. The summed E-state index contributed by atoms with van der Waals surface area (Å²) in [6, 6.07) is 1.34. The minimum atomic E-state index is 0. The van der Waals surface area contributed by atoms with Crippen molar-refractivity contribution in [1.29, 1.82) is 0 Å². The fourth-order valence-corrected chi connectivity index (χ4v) is 5.24. The van der Waals surface area contributed by atoms with E-state index in [1.165, 1.54) is 19.3 Å².